The van der Waals surface area contributed by atoms with Gasteiger partial charge in [0, 0.05) is 66.5 Å². The molecule has 8 bridgehead atoms. The number of nitrogens with one attached hydrogen (secondary N) is 4. The van der Waals surface area contributed by atoms with Crippen molar-refractivity contribution in [3.8, 4) is 57.5 Å². The minimum absolute atomic E-state index is 0.180. The van der Waals surface area contributed by atoms with E-state index in [1.807, 2.05) is 0 Å². The Morgan fingerprint density at radius 3 is 0.667 bits per heavy atom. The van der Waals surface area contributed by atoms with Gasteiger partial charge in [0.05, 0.1) is 78.9 Å². The SMILES string of the molecule is CCCCCCOc1cc(C2=c3ccc([nH]3)=C(c3ccc(OCCCCCCOS(C)(=O)=O)cc3)c3ccc([nH]3)C(c3cc(OCCCCCC)c(OCCCCCC)c(OCCCCCC)c3)=c3ccc([nH]3)=C(c3cc(OCCCCCC)c(OCCCCCC)c(OCCCCCC)c3)c3ccc2[nH]3)cc(OCCCCCC)c1OCCCCCC. The van der Waals surface area contributed by atoms with E-state index in [0.717, 1.165) is 351 Å². The van der Waals surface area contributed by atoms with Gasteiger partial charge in [-0.25, -0.2) is 0 Å². The first-order valence-electron chi connectivity index (χ1n) is 48.4. The summed E-state index contributed by atoms with van der Waals surface area (Å²) in [6.45, 7) is 25.7. The second kappa shape index (κ2) is 56.4. The Hall–Kier alpha value is -8.61. The first-order valence-corrected chi connectivity index (χ1v) is 50.2. The average Bonchev–Trinajstić information content (AvgIpc) is 1.64. The summed E-state index contributed by atoms with van der Waals surface area (Å²) in [5.41, 5.74) is 10.7. The van der Waals surface area contributed by atoms with Crippen LogP contribution in [0.15, 0.2) is 109 Å². The first-order chi connectivity index (χ1) is 60.4. The fourth-order valence-corrected chi connectivity index (χ4v) is 16.3. The van der Waals surface area contributed by atoms with Crippen molar-refractivity contribution < 1.29 is 60.0 Å². The molecule has 0 radical (unpaired) electrons. The van der Waals surface area contributed by atoms with Crippen molar-refractivity contribution in [2.24, 2.45) is 0 Å². The third-order valence-corrected chi connectivity index (χ3v) is 23.4. The summed E-state index contributed by atoms with van der Waals surface area (Å²) in [4.78, 5) is 16.6. The number of benzene rings is 4. The molecular weight excluding hydrogens is 1560 g/mol. The van der Waals surface area contributed by atoms with E-state index < -0.39 is 10.1 Å². The molecule has 4 N–H and O–H groups in total. The Morgan fingerprint density at radius 1 is 0.220 bits per heavy atom. The van der Waals surface area contributed by atoms with Crippen LogP contribution in [0, 0.1) is 0 Å². The van der Waals surface area contributed by atoms with Gasteiger partial charge in [-0.1, -0.05) is 254 Å². The molecule has 678 valence electrons. The molecule has 1 aliphatic rings. The summed E-state index contributed by atoms with van der Waals surface area (Å²) in [5.74, 6) is 6.63. The van der Waals surface area contributed by atoms with Crippen LogP contribution in [-0.4, -0.2) is 107 Å². The largest absolute Gasteiger partial charge is 0.494 e. The number of rotatable bonds is 67. The Kier molecular flexibility index (Phi) is 45.0. The molecule has 0 fully saturated rings. The lowest BCUT2D eigenvalue weighted by Crippen LogP contribution is -2.19. The molecule has 0 aliphatic carbocycles. The fourth-order valence-electron chi connectivity index (χ4n) is 15.9. The summed E-state index contributed by atoms with van der Waals surface area (Å²) < 4.78 is 98.1. The number of aromatic amines is 4. The summed E-state index contributed by atoms with van der Waals surface area (Å²) in [7, 11) is -3.48. The third-order valence-electron chi connectivity index (χ3n) is 22.8. The van der Waals surface area contributed by atoms with E-state index in [2.05, 4.69) is 191 Å². The zero-order chi connectivity index (χ0) is 86.9. The summed E-state index contributed by atoms with van der Waals surface area (Å²) in [6, 6.07) is 39.2. The Balaban J connectivity index is 1.39. The van der Waals surface area contributed by atoms with Gasteiger partial charge in [-0.2, -0.15) is 8.42 Å². The topological polar surface area (TPSA) is 199 Å². The van der Waals surface area contributed by atoms with Crippen LogP contribution in [-0.2, 0) is 14.3 Å². The van der Waals surface area contributed by atoms with Crippen molar-refractivity contribution in [3.05, 3.63) is 176 Å². The molecule has 0 spiro atoms. The van der Waals surface area contributed by atoms with Gasteiger partial charge >= 0.3 is 0 Å². The lowest BCUT2D eigenvalue weighted by atomic mass is 10.0. The van der Waals surface area contributed by atoms with Gasteiger partial charge in [-0.05, 0) is 196 Å². The highest BCUT2D eigenvalue weighted by atomic mass is 32.2. The van der Waals surface area contributed by atoms with Crippen LogP contribution < -0.4 is 68.8 Å². The van der Waals surface area contributed by atoms with Crippen LogP contribution in [0.1, 0.15) is 364 Å². The number of ether oxygens (including phenoxy) is 10. The molecule has 1 aliphatic heterocycles. The standard InChI is InChI=1S/C105H154N4O13S/c1-11-20-29-40-64-113-93-74-81(75-94(114-65-41-30-21-12-2)103(93)119-70-46-35-26-17-7)100-87-57-55-85(106-87)99(80-51-53-84(54-52-80)112-63-49-38-39-50-73-122-123(10,110)111)86-56-58-88(107-86)101(82-76-95(115-66-42-31-22-13-3)104(120-71-47-36-27-18-8)96(77-82)116-67-43-32-23-14-4)90-60-62-92(109-90)102(91-61-59-89(100)108-91)83-78-97(117-68-44-33-24-15-5)105(121-72-48-37-28-19-9)98(79-83)118-69-45-34-25-16-6/h51-62,74-79,106-109H,11-50,63-73H2,1-10H3. The minimum atomic E-state index is -3.48. The molecule has 4 aromatic heterocycles. The van der Waals surface area contributed by atoms with Crippen LogP contribution in [0.25, 0.3) is 22.3 Å². The van der Waals surface area contributed by atoms with Crippen molar-refractivity contribution in [1.29, 1.82) is 0 Å². The third kappa shape index (κ3) is 32.4. The molecule has 4 aromatic carbocycles. The number of hydrogen-bond donors (Lipinski definition) is 4. The second-order valence-electron chi connectivity index (χ2n) is 33.5. The molecule has 17 nitrogen and oxygen atoms in total. The molecule has 18 heteroatoms. The predicted octanol–water partition coefficient (Wildman–Crippen LogP) is 24.8. The fraction of sp³-hybridized carbons (Fsp3) is 0.581. The lowest BCUT2D eigenvalue weighted by Gasteiger charge is -2.20. The van der Waals surface area contributed by atoms with Crippen LogP contribution in [0.2, 0.25) is 0 Å². The number of unbranched alkanes of at least 4 members (excludes halogenated alkanes) is 30. The molecule has 9 rings (SSSR count). The van der Waals surface area contributed by atoms with E-state index in [1.54, 1.807) is 0 Å². The van der Waals surface area contributed by atoms with Crippen molar-refractivity contribution in [2.75, 3.05) is 78.9 Å². The first kappa shape index (κ1) is 98.2. The monoisotopic (exact) mass is 1710 g/mol. The summed E-state index contributed by atoms with van der Waals surface area (Å²) in [5, 5.41) is 3.45. The number of H-pyrrole nitrogens is 4. The highest BCUT2D eigenvalue weighted by Gasteiger charge is 2.27. The summed E-state index contributed by atoms with van der Waals surface area (Å²) in [6.07, 6.45) is 42.3. The highest BCUT2D eigenvalue weighted by molar-refractivity contribution is 7.86. The zero-order valence-electron chi connectivity index (χ0n) is 77.2. The molecule has 0 atom stereocenters. The van der Waals surface area contributed by atoms with Crippen molar-refractivity contribution in [1.82, 2.24) is 19.9 Å². The van der Waals surface area contributed by atoms with Crippen LogP contribution >= 0.6 is 0 Å². The molecule has 0 saturated carbocycles. The van der Waals surface area contributed by atoms with Crippen molar-refractivity contribution >= 4 is 32.4 Å². The Morgan fingerprint density at radius 2 is 0.431 bits per heavy atom. The van der Waals surface area contributed by atoms with Gasteiger partial charge in [0.25, 0.3) is 10.1 Å². The average molecular weight is 1710 g/mol. The minimum Gasteiger partial charge on any atom is -0.494 e. The molecule has 0 unspecified atom stereocenters. The van der Waals surface area contributed by atoms with E-state index in [-0.39, 0.29) is 6.61 Å². The van der Waals surface area contributed by atoms with Crippen LogP contribution in [0.5, 0.6) is 57.5 Å². The van der Waals surface area contributed by atoms with E-state index in [4.69, 9.17) is 51.6 Å². The number of hydrogen-bond acceptors (Lipinski definition) is 13. The highest BCUT2D eigenvalue weighted by Crippen LogP contribution is 2.46. The maximum absolute atomic E-state index is 11.6. The second-order valence-corrected chi connectivity index (χ2v) is 35.2. The molecular formula is C105H154N4O13S. The van der Waals surface area contributed by atoms with Gasteiger partial charge in [0.1, 0.15) is 5.75 Å². The molecule has 0 saturated heterocycles. The quantitative estimate of drug-likeness (QED) is 0.0208. The van der Waals surface area contributed by atoms with Crippen molar-refractivity contribution in [2.45, 2.75) is 319 Å². The zero-order valence-corrected chi connectivity index (χ0v) is 78.0. The Bertz CT molecular complexity index is 4600. The molecule has 5 heterocycles. The maximum Gasteiger partial charge on any atom is 0.264 e. The van der Waals surface area contributed by atoms with Gasteiger partial charge in [0.2, 0.25) is 17.2 Å². The number of aromatic nitrogens is 4. The van der Waals surface area contributed by atoms with Crippen LogP contribution in [0.4, 0.5) is 0 Å². The molecule has 0 amide bonds. The van der Waals surface area contributed by atoms with E-state index >= 15 is 0 Å². The lowest BCUT2D eigenvalue weighted by molar-refractivity contribution is 0.234. The van der Waals surface area contributed by atoms with E-state index in [1.165, 1.54) is 0 Å². The Labute approximate surface area is 739 Å². The molecule has 123 heavy (non-hydrogen) atoms. The molecule has 8 aromatic rings. The van der Waals surface area contributed by atoms with Gasteiger partial charge in [-0.15, -0.1) is 0 Å². The van der Waals surface area contributed by atoms with Gasteiger partial charge in [0.15, 0.2) is 34.5 Å². The number of fused-ring (bicyclic) bond motifs is 8. The van der Waals surface area contributed by atoms with E-state index in [0.29, 0.717) is 124 Å². The summed E-state index contributed by atoms with van der Waals surface area (Å²) >= 11 is 0. The van der Waals surface area contributed by atoms with Crippen LogP contribution in [0.3, 0.4) is 0 Å². The van der Waals surface area contributed by atoms with Gasteiger partial charge < -0.3 is 67.3 Å². The van der Waals surface area contributed by atoms with Gasteiger partial charge in [-0.3, -0.25) is 4.18 Å². The predicted molar refractivity (Wildman–Crippen MR) is 505 cm³/mol. The smallest absolute Gasteiger partial charge is 0.264 e. The van der Waals surface area contributed by atoms with E-state index in [9.17, 15) is 8.42 Å². The van der Waals surface area contributed by atoms with Crippen molar-refractivity contribution in [3.63, 3.8) is 0 Å². The maximum atomic E-state index is 11.6. The normalized spacial score (nSPS) is 12.2.